The van der Waals surface area contributed by atoms with Gasteiger partial charge in [0.25, 0.3) is 0 Å². The highest BCUT2D eigenvalue weighted by atomic mass is 79.9. The van der Waals surface area contributed by atoms with E-state index in [-0.39, 0.29) is 13.3 Å². The first-order chi connectivity index (χ1) is 9.97. The van der Waals surface area contributed by atoms with Crippen LogP contribution in [0.5, 0.6) is 11.5 Å². The molecule has 1 aromatic heterocycles. The fourth-order valence-electron chi connectivity index (χ4n) is 2.08. The molecule has 0 unspecified atom stereocenters. The van der Waals surface area contributed by atoms with Crippen molar-refractivity contribution in [2.24, 2.45) is 0 Å². The molecular formula is C13H12BrNO4S2. The largest absolute Gasteiger partial charge is 0.454 e. The van der Waals surface area contributed by atoms with Crippen LogP contribution in [0.2, 0.25) is 0 Å². The molecule has 1 aromatic carbocycles. The maximum atomic E-state index is 12.3. The zero-order chi connectivity index (χ0) is 15.0. The monoisotopic (exact) mass is 389 g/mol. The smallest absolute Gasteiger partial charge is 0.242 e. The van der Waals surface area contributed by atoms with Crippen LogP contribution in [0, 0.1) is 6.92 Å². The van der Waals surface area contributed by atoms with E-state index in [1.54, 1.807) is 19.1 Å². The molecule has 8 heteroatoms. The first kappa shape index (κ1) is 14.8. The van der Waals surface area contributed by atoms with Crippen LogP contribution in [-0.4, -0.2) is 15.2 Å². The Labute approximate surface area is 135 Å². The van der Waals surface area contributed by atoms with Gasteiger partial charge < -0.3 is 9.47 Å². The average molecular weight is 390 g/mol. The molecule has 5 nitrogen and oxygen atoms in total. The van der Waals surface area contributed by atoms with Gasteiger partial charge in [0.1, 0.15) is 0 Å². The molecule has 0 amide bonds. The summed E-state index contributed by atoms with van der Waals surface area (Å²) in [6, 6.07) is 7.02. The quantitative estimate of drug-likeness (QED) is 0.872. The van der Waals surface area contributed by atoms with E-state index in [2.05, 4.69) is 20.7 Å². The van der Waals surface area contributed by atoms with Gasteiger partial charge in [-0.15, -0.1) is 11.3 Å². The highest BCUT2D eigenvalue weighted by Gasteiger charge is 2.22. The summed E-state index contributed by atoms with van der Waals surface area (Å²) >= 11 is 4.69. The Bertz CT molecular complexity index is 785. The molecule has 3 rings (SSSR count). The summed E-state index contributed by atoms with van der Waals surface area (Å²) in [6.45, 7) is 2.10. The summed E-state index contributed by atoms with van der Waals surface area (Å²) < 4.78 is 38.7. The summed E-state index contributed by atoms with van der Waals surface area (Å²) in [4.78, 5) is 1.04. The Hall–Kier alpha value is -1.09. The van der Waals surface area contributed by atoms with E-state index in [1.165, 1.54) is 11.3 Å². The standard InChI is InChI=1S/C13H12BrNO4S2/c1-8-11(5-12(14)20-8)21(16,17)15-6-9-3-2-4-10-13(9)19-7-18-10/h2-5,15H,6-7H2,1H3. The van der Waals surface area contributed by atoms with Crippen molar-refractivity contribution in [1.82, 2.24) is 4.72 Å². The number of benzene rings is 1. The van der Waals surface area contributed by atoms with Crippen LogP contribution in [0.1, 0.15) is 10.4 Å². The van der Waals surface area contributed by atoms with Gasteiger partial charge in [-0.05, 0) is 35.0 Å². The van der Waals surface area contributed by atoms with Crippen LogP contribution < -0.4 is 14.2 Å². The van der Waals surface area contributed by atoms with E-state index >= 15 is 0 Å². The van der Waals surface area contributed by atoms with Crippen molar-refractivity contribution in [3.63, 3.8) is 0 Å². The van der Waals surface area contributed by atoms with Crippen molar-refractivity contribution in [2.45, 2.75) is 18.4 Å². The van der Waals surface area contributed by atoms with Crippen molar-refractivity contribution in [3.05, 3.63) is 38.5 Å². The molecule has 0 saturated heterocycles. The van der Waals surface area contributed by atoms with E-state index in [0.717, 1.165) is 14.2 Å². The summed E-state index contributed by atoms with van der Waals surface area (Å²) in [6.07, 6.45) is 0. The SMILES string of the molecule is Cc1sc(Br)cc1S(=O)(=O)NCc1cccc2c1OCO2. The van der Waals surface area contributed by atoms with Crippen LogP contribution in [0.25, 0.3) is 0 Å². The number of fused-ring (bicyclic) bond motifs is 1. The van der Waals surface area contributed by atoms with Crippen LogP contribution in [0.15, 0.2) is 32.9 Å². The second-order valence-corrected chi connectivity index (χ2v) is 8.82. The van der Waals surface area contributed by atoms with E-state index < -0.39 is 10.0 Å². The van der Waals surface area contributed by atoms with Crippen molar-refractivity contribution in [1.29, 1.82) is 0 Å². The number of sulfonamides is 1. The van der Waals surface area contributed by atoms with E-state index in [9.17, 15) is 8.42 Å². The van der Waals surface area contributed by atoms with Gasteiger partial charge in [0.2, 0.25) is 16.8 Å². The number of hydrogen-bond acceptors (Lipinski definition) is 5. The molecule has 21 heavy (non-hydrogen) atoms. The Morgan fingerprint density at radius 1 is 1.38 bits per heavy atom. The van der Waals surface area contributed by atoms with Crippen molar-refractivity contribution in [3.8, 4) is 11.5 Å². The van der Waals surface area contributed by atoms with Crippen molar-refractivity contribution < 1.29 is 17.9 Å². The third kappa shape index (κ3) is 2.94. The highest BCUT2D eigenvalue weighted by Crippen LogP contribution is 2.35. The topological polar surface area (TPSA) is 64.6 Å². The van der Waals surface area contributed by atoms with Gasteiger partial charge >= 0.3 is 0 Å². The zero-order valence-electron chi connectivity index (χ0n) is 11.1. The molecule has 0 aliphatic carbocycles. The Morgan fingerprint density at radius 2 is 2.19 bits per heavy atom. The average Bonchev–Trinajstić information content (AvgIpc) is 3.03. The molecule has 0 radical (unpaired) electrons. The lowest BCUT2D eigenvalue weighted by Gasteiger charge is -2.08. The molecule has 2 aromatic rings. The molecule has 0 spiro atoms. The molecule has 2 heterocycles. The lowest BCUT2D eigenvalue weighted by atomic mass is 10.2. The van der Waals surface area contributed by atoms with Crippen LogP contribution in [-0.2, 0) is 16.6 Å². The maximum absolute atomic E-state index is 12.3. The minimum Gasteiger partial charge on any atom is -0.454 e. The van der Waals surface area contributed by atoms with Crippen LogP contribution in [0.4, 0.5) is 0 Å². The number of rotatable bonds is 4. The van der Waals surface area contributed by atoms with Gasteiger partial charge in [-0.2, -0.15) is 0 Å². The molecular weight excluding hydrogens is 378 g/mol. The van der Waals surface area contributed by atoms with Gasteiger partial charge in [0.15, 0.2) is 11.5 Å². The van der Waals surface area contributed by atoms with Gasteiger partial charge in [-0.3, -0.25) is 0 Å². The molecule has 0 bridgehead atoms. The summed E-state index contributed by atoms with van der Waals surface area (Å²) in [5, 5.41) is 0. The maximum Gasteiger partial charge on any atom is 0.242 e. The minimum atomic E-state index is -3.55. The molecule has 0 atom stereocenters. The lowest BCUT2D eigenvalue weighted by Crippen LogP contribution is -2.23. The first-order valence-corrected chi connectivity index (χ1v) is 9.20. The first-order valence-electron chi connectivity index (χ1n) is 6.10. The number of halogens is 1. The minimum absolute atomic E-state index is 0.155. The molecule has 1 aliphatic heterocycles. The normalized spacial score (nSPS) is 13.6. The number of hydrogen-bond donors (Lipinski definition) is 1. The number of aryl methyl sites for hydroxylation is 1. The number of para-hydroxylation sites is 1. The third-order valence-corrected chi connectivity index (χ3v) is 6.27. The second kappa shape index (κ2) is 5.60. The number of thiophene rings is 1. The second-order valence-electron chi connectivity index (χ2n) is 4.45. The van der Waals surface area contributed by atoms with E-state index in [0.29, 0.717) is 16.4 Å². The fourth-order valence-corrected chi connectivity index (χ4v) is 5.50. The van der Waals surface area contributed by atoms with Crippen molar-refractivity contribution in [2.75, 3.05) is 6.79 Å². The van der Waals surface area contributed by atoms with Crippen LogP contribution >= 0.6 is 27.3 Å². The van der Waals surface area contributed by atoms with Crippen molar-refractivity contribution >= 4 is 37.3 Å². The Kier molecular flexibility index (Phi) is 3.96. The molecule has 1 aliphatic rings. The zero-order valence-corrected chi connectivity index (χ0v) is 14.3. The van der Waals surface area contributed by atoms with Gasteiger partial charge in [-0.1, -0.05) is 12.1 Å². The summed E-state index contributed by atoms with van der Waals surface area (Å²) in [7, 11) is -3.55. The molecule has 112 valence electrons. The number of nitrogens with one attached hydrogen (secondary N) is 1. The Morgan fingerprint density at radius 3 is 2.90 bits per heavy atom. The van der Waals surface area contributed by atoms with Gasteiger partial charge in [0, 0.05) is 17.0 Å². The van der Waals surface area contributed by atoms with Gasteiger partial charge in [0.05, 0.1) is 8.68 Å². The van der Waals surface area contributed by atoms with E-state index in [1.807, 2.05) is 12.1 Å². The van der Waals surface area contributed by atoms with Crippen LogP contribution in [0.3, 0.4) is 0 Å². The molecule has 0 fully saturated rings. The predicted molar refractivity (Wildman–Crippen MR) is 83.3 cm³/mol. The number of ether oxygens (including phenoxy) is 2. The fraction of sp³-hybridized carbons (Fsp3) is 0.231. The van der Waals surface area contributed by atoms with Gasteiger partial charge in [-0.25, -0.2) is 13.1 Å². The summed E-state index contributed by atoms with van der Waals surface area (Å²) in [5.41, 5.74) is 0.750. The molecule has 1 N–H and O–H groups in total. The Balaban J connectivity index is 1.82. The third-order valence-electron chi connectivity index (χ3n) is 3.06. The lowest BCUT2D eigenvalue weighted by molar-refractivity contribution is 0.173. The highest BCUT2D eigenvalue weighted by molar-refractivity contribution is 9.11. The summed E-state index contributed by atoms with van der Waals surface area (Å²) in [5.74, 6) is 1.24. The molecule has 0 saturated carbocycles. The van der Waals surface area contributed by atoms with E-state index in [4.69, 9.17) is 9.47 Å². The predicted octanol–water partition coefficient (Wildman–Crippen LogP) is 3.03.